The van der Waals surface area contributed by atoms with Crippen LogP contribution in [0.4, 0.5) is 0 Å². The summed E-state index contributed by atoms with van der Waals surface area (Å²) in [7, 11) is -1.43. The molecule has 0 amide bonds. The van der Waals surface area contributed by atoms with Crippen LogP contribution in [-0.4, -0.2) is 64.2 Å². The molecule has 51 heavy (non-hydrogen) atoms. The molecular formula is C38H80O9P2S2. The van der Waals surface area contributed by atoms with Crippen LogP contribution < -0.4 is 0 Å². The zero-order chi connectivity index (χ0) is 39.6. The van der Waals surface area contributed by atoms with Gasteiger partial charge < -0.3 is 18.9 Å². The van der Waals surface area contributed by atoms with E-state index in [1.807, 2.05) is 41.5 Å². The molecular weight excluding hydrogens is 726 g/mol. The van der Waals surface area contributed by atoms with E-state index in [2.05, 4.69) is 34.6 Å². The van der Waals surface area contributed by atoms with Crippen molar-refractivity contribution in [2.24, 2.45) is 0 Å². The molecule has 9 nitrogen and oxygen atoms in total. The van der Waals surface area contributed by atoms with E-state index < -0.39 is 37.6 Å². The largest absolute Gasteiger partial charge is 0.475 e. The molecule has 0 heterocycles. The van der Waals surface area contributed by atoms with Crippen LogP contribution in [0.2, 0.25) is 0 Å². The highest BCUT2D eigenvalue weighted by Crippen LogP contribution is 2.63. The molecule has 0 rings (SSSR count). The van der Waals surface area contributed by atoms with Gasteiger partial charge in [0.1, 0.15) is 0 Å². The van der Waals surface area contributed by atoms with Gasteiger partial charge in [-0.05, 0) is 101 Å². The van der Waals surface area contributed by atoms with Crippen LogP contribution in [0.15, 0.2) is 0 Å². The number of unbranched alkanes of at least 4 members (excludes halogenated alkanes) is 7. The topological polar surface area (TPSA) is 110 Å². The van der Waals surface area contributed by atoms with Crippen LogP contribution in [0, 0.1) is 0 Å². The molecule has 0 aliphatic carbocycles. The van der Waals surface area contributed by atoms with Crippen molar-refractivity contribution in [3.8, 4) is 0 Å². The summed E-state index contributed by atoms with van der Waals surface area (Å²) in [6.45, 7) is 25.9. The second kappa shape index (κ2) is 23.8. The van der Waals surface area contributed by atoms with E-state index in [4.69, 9.17) is 27.4 Å². The van der Waals surface area contributed by atoms with Gasteiger partial charge in [-0.2, -0.15) is 0 Å². The third kappa shape index (κ3) is 21.7. The summed E-state index contributed by atoms with van der Waals surface area (Å²) in [5.41, 5.74) is -2.36. The van der Waals surface area contributed by atoms with E-state index in [-0.39, 0.29) is 17.5 Å². The highest BCUT2D eigenvalue weighted by atomic mass is 33.1. The molecule has 5 unspecified atom stereocenters. The van der Waals surface area contributed by atoms with Crippen molar-refractivity contribution in [3.05, 3.63) is 0 Å². The van der Waals surface area contributed by atoms with Crippen molar-refractivity contribution in [1.29, 1.82) is 0 Å². The van der Waals surface area contributed by atoms with Crippen LogP contribution in [0.5, 0.6) is 0 Å². The first kappa shape index (κ1) is 51.9. The lowest BCUT2D eigenvalue weighted by molar-refractivity contribution is -0.0482. The number of aliphatic hydroxyl groups is 1. The summed E-state index contributed by atoms with van der Waals surface area (Å²) in [5.74, 6) is 0. The van der Waals surface area contributed by atoms with Gasteiger partial charge in [-0.25, -0.2) is 4.57 Å². The van der Waals surface area contributed by atoms with E-state index in [0.29, 0.717) is 18.1 Å². The van der Waals surface area contributed by atoms with E-state index in [0.717, 1.165) is 64.2 Å². The summed E-state index contributed by atoms with van der Waals surface area (Å²) >= 11 is 0. The Bertz CT molecular complexity index is 1040. The second-order valence-electron chi connectivity index (χ2n) is 16.8. The minimum atomic E-state index is -3.92. The van der Waals surface area contributed by atoms with Crippen molar-refractivity contribution in [2.45, 2.75) is 225 Å². The average Bonchev–Trinajstić information content (AvgIpc) is 3.00. The van der Waals surface area contributed by atoms with E-state index in [1.54, 1.807) is 35.4 Å². The SMILES string of the molecule is CCCCCCCC(C)(CCCCCC)OP(=O)(OC)OC(C)(C)CCOC(C)(C)P(=O)(OC)OC(C)(C)CC(C)(C)SSC(C)CC(O)CC. The smallest absolute Gasteiger partial charge is 0.393 e. The van der Waals surface area contributed by atoms with Crippen LogP contribution in [0.1, 0.15) is 186 Å². The molecule has 0 radical (unpaired) electrons. The Labute approximate surface area is 322 Å². The molecule has 308 valence electrons. The van der Waals surface area contributed by atoms with E-state index >= 15 is 0 Å². The van der Waals surface area contributed by atoms with Gasteiger partial charge in [0.2, 0.25) is 0 Å². The molecule has 0 spiro atoms. The molecule has 1 N–H and O–H groups in total. The predicted octanol–water partition coefficient (Wildman–Crippen LogP) is 13.5. The maximum absolute atomic E-state index is 14.3. The highest BCUT2D eigenvalue weighted by molar-refractivity contribution is 8.77. The van der Waals surface area contributed by atoms with E-state index in [1.165, 1.54) is 33.5 Å². The minimum absolute atomic E-state index is 0.145. The molecule has 0 saturated carbocycles. The Morgan fingerprint density at radius 1 is 0.686 bits per heavy atom. The van der Waals surface area contributed by atoms with Crippen molar-refractivity contribution in [3.63, 3.8) is 0 Å². The standard InChI is InChI=1S/C38H80O9P2S2/c1-16-19-21-23-25-27-38(13,26-24-22-20-17-2)47-49(41,43-15)46-34(5,6)28-29-44-37(11,12)48(40,42-14)45-35(7,8)31-36(9,10)51-50-32(4)30-33(39)18-3/h32-33,39H,16-31H2,1-15H3. The number of ether oxygens (including phenoxy) is 1. The number of phosphoric acid groups is 1. The van der Waals surface area contributed by atoms with Crippen molar-refractivity contribution in [1.82, 2.24) is 0 Å². The fourth-order valence-corrected chi connectivity index (χ4v) is 12.3. The molecule has 5 atom stereocenters. The van der Waals surface area contributed by atoms with Gasteiger partial charge in [0, 0.05) is 24.2 Å². The Morgan fingerprint density at radius 2 is 1.22 bits per heavy atom. The fourth-order valence-electron chi connectivity index (χ4n) is 6.16. The monoisotopic (exact) mass is 806 g/mol. The summed E-state index contributed by atoms with van der Waals surface area (Å²) < 4.78 is 64.2. The molecule has 0 bridgehead atoms. The van der Waals surface area contributed by atoms with Gasteiger partial charge >= 0.3 is 15.4 Å². The number of aliphatic hydroxyl groups excluding tert-OH is 1. The first-order chi connectivity index (χ1) is 23.4. The Morgan fingerprint density at radius 3 is 1.71 bits per heavy atom. The quantitative estimate of drug-likeness (QED) is 0.0398. The van der Waals surface area contributed by atoms with Crippen molar-refractivity contribution >= 4 is 37.0 Å². The number of hydrogen-bond acceptors (Lipinski definition) is 11. The second-order valence-corrected chi connectivity index (χ2v) is 24.4. The van der Waals surface area contributed by atoms with Crippen molar-refractivity contribution in [2.75, 3.05) is 20.8 Å². The van der Waals surface area contributed by atoms with Gasteiger partial charge in [-0.15, -0.1) is 0 Å². The lowest BCUT2D eigenvalue weighted by Gasteiger charge is -2.41. The summed E-state index contributed by atoms with van der Waals surface area (Å²) in [4.78, 5) is 0. The third-order valence-corrected chi connectivity index (χ3v) is 17.4. The first-order valence-electron chi connectivity index (χ1n) is 19.5. The minimum Gasteiger partial charge on any atom is -0.393 e. The molecule has 0 fully saturated rings. The Balaban J connectivity index is 5.53. The molecule has 0 saturated heterocycles. The maximum Gasteiger partial charge on any atom is 0.475 e. The number of hydrogen-bond donors (Lipinski definition) is 1. The Kier molecular flexibility index (Phi) is 24.2. The Hall–Kier alpha value is 0.880. The molecule has 0 aliphatic heterocycles. The highest BCUT2D eigenvalue weighted by Gasteiger charge is 2.49. The summed E-state index contributed by atoms with van der Waals surface area (Å²) in [6.07, 6.45) is 13.8. The fraction of sp³-hybridized carbons (Fsp3) is 1.00. The third-order valence-electron chi connectivity index (χ3n) is 9.07. The number of rotatable bonds is 32. The predicted molar refractivity (Wildman–Crippen MR) is 220 cm³/mol. The van der Waals surface area contributed by atoms with Gasteiger partial charge in [-0.1, -0.05) is 107 Å². The van der Waals surface area contributed by atoms with Crippen LogP contribution in [0.3, 0.4) is 0 Å². The van der Waals surface area contributed by atoms with Gasteiger partial charge in [0.15, 0.2) is 5.34 Å². The molecule has 0 aliphatic rings. The van der Waals surface area contributed by atoms with Crippen LogP contribution in [0.25, 0.3) is 0 Å². The maximum atomic E-state index is 14.3. The first-order valence-corrected chi connectivity index (χ1v) is 24.7. The molecule has 0 aromatic rings. The zero-order valence-corrected chi connectivity index (χ0v) is 38.8. The molecule has 0 aromatic carbocycles. The van der Waals surface area contributed by atoms with Gasteiger partial charge in [-0.3, -0.25) is 18.1 Å². The molecule has 0 aromatic heterocycles. The summed E-state index contributed by atoms with van der Waals surface area (Å²) in [5, 5.41) is 9.06. The zero-order valence-electron chi connectivity index (χ0n) is 35.4. The van der Waals surface area contributed by atoms with Crippen LogP contribution >= 0.6 is 37.0 Å². The normalized spacial score (nSPS) is 18.2. The van der Waals surface area contributed by atoms with Crippen LogP contribution in [-0.2, 0) is 36.5 Å². The lowest BCUT2D eigenvalue weighted by atomic mass is 9.92. The van der Waals surface area contributed by atoms with Crippen molar-refractivity contribution < 1.29 is 41.6 Å². The van der Waals surface area contributed by atoms with Gasteiger partial charge in [0.05, 0.1) is 29.5 Å². The average molecular weight is 807 g/mol. The van der Waals surface area contributed by atoms with E-state index in [9.17, 15) is 14.2 Å². The lowest BCUT2D eigenvalue weighted by Crippen LogP contribution is -2.37. The number of phosphoric ester groups is 1. The summed E-state index contributed by atoms with van der Waals surface area (Å²) in [6, 6.07) is 0. The van der Waals surface area contributed by atoms with Gasteiger partial charge in [0.25, 0.3) is 0 Å². The molecule has 13 heteroatoms.